The van der Waals surface area contributed by atoms with Crippen molar-refractivity contribution in [3.05, 3.63) is 35.9 Å². The quantitative estimate of drug-likeness (QED) is 0.772. The summed E-state index contributed by atoms with van der Waals surface area (Å²) in [5.74, 6) is 1.18. The number of likely N-dealkylation sites (tertiary alicyclic amines) is 1. The molecule has 1 aliphatic rings. The van der Waals surface area contributed by atoms with Crippen molar-refractivity contribution in [3.8, 4) is 0 Å². The summed E-state index contributed by atoms with van der Waals surface area (Å²) in [5.41, 5.74) is 1.46. The molecule has 2 rings (SSSR count). The van der Waals surface area contributed by atoms with Crippen molar-refractivity contribution in [3.63, 3.8) is 0 Å². The molecule has 0 unspecified atom stereocenters. The molecule has 82 valence electrons. The van der Waals surface area contributed by atoms with E-state index in [-0.39, 0.29) is 0 Å². The lowest BCUT2D eigenvalue weighted by Gasteiger charge is -2.28. The summed E-state index contributed by atoms with van der Waals surface area (Å²) >= 11 is 2.13. The second-order valence-electron chi connectivity index (χ2n) is 4.30. The Bertz CT molecular complexity index is 278. The summed E-state index contributed by atoms with van der Waals surface area (Å²) in [4.78, 5) is 2.43. The molecule has 1 nitrogen and oxygen atoms in total. The number of hydrogen-bond donors (Lipinski definition) is 0. The third kappa shape index (κ3) is 3.54. The van der Waals surface area contributed by atoms with E-state index in [0.29, 0.717) is 0 Å². The fourth-order valence-electron chi connectivity index (χ4n) is 1.94. The van der Waals surface area contributed by atoms with E-state index >= 15 is 0 Å². The molecule has 0 saturated carbocycles. The van der Waals surface area contributed by atoms with Gasteiger partial charge in [0.05, 0.1) is 0 Å². The average molecular weight is 221 g/mol. The highest BCUT2D eigenvalue weighted by atomic mass is 32.2. The molecular formula is C13H19NS. The summed E-state index contributed by atoms with van der Waals surface area (Å²) in [6.45, 7) is 2.54. The topological polar surface area (TPSA) is 3.24 Å². The van der Waals surface area contributed by atoms with Gasteiger partial charge in [0.25, 0.3) is 0 Å². The fraction of sp³-hybridized carbons (Fsp3) is 0.538. The minimum Gasteiger partial charge on any atom is -0.306 e. The number of hydrogen-bond acceptors (Lipinski definition) is 2. The van der Waals surface area contributed by atoms with Gasteiger partial charge < -0.3 is 4.90 Å². The molecule has 0 N–H and O–H groups in total. The van der Waals surface area contributed by atoms with Crippen LogP contribution in [0.3, 0.4) is 0 Å². The van der Waals surface area contributed by atoms with E-state index in [1.807, 2.05) is 0 Å². The summed E-state index contributed by atoms with van der Waals surface area (Å²) in [6, 6.07) is 10.8. The van der Waals surface area contributed by atoms with Crippen LogP contribution < -0.4 is 0 Å². The summed E-state index contributed by atoms with van der Waals surface area (Å²) in [5, 5.41) is 0.876. The molecular weight excluding hydrogens is 202 g/mol. The second-order valence-corrected chi connectivity index (χ2v) is 5.59. The van der Waals surface area contributed by atoms with Gasteiger partial charge in [-0.15, -0.1) is 0 Å². The molecule has 1 aromatic carbocycles. The highest BCUT2D eigenvalue weighted by Gasteiger charge is 2.16. The molecule has 0 aromatic heterocycles. The SMILES string of the molecule is CN1CCC(SCc2ccccc2)CC1. The van der Waals surface area contributed by atoms with Gasteiger partial charge in [-0.05, 0) is 38.5 Å². The van der Waals surface area contributed by atoms with E-state index in [4.69, 9.17) is 0 Å². The van der Waals surface area contributed by atoms with Crippen molar-refractivity contribution >= 4 is 11.8 Å². The van der Waals surface area contributed by atoms with Crippen LogP contribution >= 0.6 is 11.8 Å². The predicted octanol–water partition coefficient (Wildman–Crippen LogP) is 3.01. The van der Waals surface area contributed by atoms with Gasteiger partial charge in [0, 0.05) is 11.0 Å². The maximum atomic E-state index is 2.43. The van der Waals surface area contributed by atoms with Crippen LogP contribution in [0.15, 0.2) is 30.3 Å². The van der Waals surface area contributed by atoms with Crippen molar-refractivity contribution in [1.29, 1.82) is 0 Å². The zero-order valence-electron chi connectivity index (χ0n) is 9.36. The van der Waals surface area contributed by atoms with E-state index in [0.717, 1.165) is 5.25 Å². The smallest absolute Gasteiger partial charge is 0.0187 e. The van der Waals surface area contributed by atoms with Gasteiger partial charge in [0.1, 0.15) is 0 Å². The van der Waals surface area contributed by atoms with Crippen LogP contribution in [-0.2, 0) is 5.75 Å². The van der Waals surface area contributed by atoms with Gasteiger partial charge in [-0.25, -0.2) is 0 Å². The Kier molecular flexibility index (Phi) is 4.09. The van der Waals surface area contributed by atoms with Crippen molar-refractivity contribution in [2.75, 3.05) is 20.1 Å². The van der Waals surface area contributed by atoms with Gasteiger partial charge >= 0.3 is 0 Å². The maximum absolute atomic E-state index is 2.43. The van der Waals surface area contributed by atoms with Gasteiger partial charge in [-0.3, -0.25) is 0 Å². The van der Waals surface area contributed by atoms with Gasteiger partial charge in [-0.2, -0.15) is 11.8 Å². The molecule has 1 aromatic rings. The molecule has 15 heavy (non-hydrogen) atoms. The lowest BCUT2D eigenvalue weighted by atomic mass is 10.1. The van der Waals surface area contributed by atoms with E-state index < -0.39 is 0 Å². The summed E-state index contributed by atoms with van der Waals surface area (Å²) in [7, 11) is 2.22. The van der Waals surface area contributed by atoms with Crippen LogP contribution in [0.2, 0.25) is 0 Å². The molecule has 0 amide bonds. The molecule has 0 atom stereocenters. The van der Waals surface area contributed by atoms with E-state index in [1.54, 1.807) is 0 Å². The van der Waals surface area contributed by atoms with E-state index in [9.17, 15) is 0 Å². The van der Waals surface area contributed by atoms with Crippen LogP contribution in [0, 0.1) is 0 Å². The molecule has 1 aliphatic heterocycles. The fourth-order valence-corrected chi connectivity index (χ4v) is 3.10. The summed E-state index contributed by atoms with van der Waals surface area (Å²) < 4.78 is 0. The summed E-state index contributed by atoms with van der Waals surface area (Å²) in [6.07, 6.45) is 2.71. The number of rotatable bonds is 3. The first-order valence-electron chi connectivity index (χ1n) is 5.68. The third-order valence-corrected chi connectivity index (χ3v) is 4.44. The molecule has 1 heterocycles. The average Bonchev–Trinajstić information content (AvgIpc) is 2.30. The van der Waals surface area contributed by atoms with Crippen LogP contribution in [0.25, 0.3) is 0 Å². The Morgan fingerprint density at radius 3 is 2.53 bits per heavy atom. The predicted molar refractivity (Wildman–Crippen MR) is 68.3 cm³/mol. The number of nitrogens with zero attached hydrogens (tertiary/aromatic N) is 1. The molecule has 0 radical (unpaired) electrons. The van der Waals surface area contributed by atoms with Crippen molar-refractivity contribution < 1.29 is 0 Å². The highest BCUT2D eigenvalue weighted by Crippen LogP contribution is 2.25. The van der Waals surface area contributed by atoms with E-state index in [1.165, 1.54) is 37.2 Å². The Morgan fingerprint density at radius 1 is 1.20 bits per heavy atom. The zero-order chi connectivity index (χ0) is 10.5. The van der Waals surface area contributed by atoms with Gasteiger partial charge in [0.2, 0.25) is 0 Å². The Hall–Kier alpha value is -0.470. The Balaban J connectivity index is 1.74. The van der Waals surface area contributed by atoms with Crippen molar-refractivity contribution in [1.82, 2.24) is 4.90 Å². The number of benzene rings is 1. The largest absolute Gasteiger partial charge is 0.306 e. The monoisotopic (exact) mass is 221 g/mol. The molecule has 1 saturated heterocycles. The molecule has 1 fully saturated rings. The second kappa shape index (κ2) is 5.57. The number of piperidine rings is 1. The van der Waals surface area contributed by atoms with Gasteiger partial charge in [-0.1, -0.05) is 30.3 Å². The van der Waals surface area contributed by atoms with Crippen molar-refractivity contribution in [2.45, 2.75) is 23.8 Å². The lowest BCUT2D eigenvalue weighted by molar-refractivity contribution is 0.282. The lowest BCUT2D eigenvalue weighted by Crippen LogP contribution is -2.31. The first-order valence-corrected chi connectivity index (χ1v) is 6.73. The Labute approximate surface area is 96.9 Å². The Morgan fingerprint density at radius 2 is 1.87 bits per heavy atom. The normalized spacial score (nSPS) is 19.3. The standard InChI is InChI=1S/C13H19NS/c1-14-9-7-13(8-10-14)15-11-12-5-3-2-4-6-12/h2-6,13H,7-11H2,1H3. The van der Waals surface area contributed by atoms with Crippen LogP contribution in [0.4, 0.5) is 0 Å². The maximum Gasteiger partial charge on any atom is 0.0187 e. The molecule has 2 heteroatoms. The third-order valence-electron chi connectivity index (χ3n) is 2.99. The molecule has 0 bridgehead atoms. The zero-order valence-corrected chi connectivity index (χ0v) is 10.2. The van der Waals surface area contributed by atoms with Crippen LogP contribution in [-0.4, -0.2) is 30.3 Å². The van der Waals surface area contributed by atoms with Crippen LogP contribution in [0.1, 0.15) is 18.4 Å². The van der Waals surface area contributed by atoms with E-state index in [2.05, 4.69) is 54.0 Å². The minimum atomic E-state index is 0.876. The minimum absolute atomic E-state index is 0.876. The highest BCUT2D eigenvalue weighted by molar-refractivity contribution is 7.99. The van der Waals surface area contributed by atoms with Crippen molar-refractivity contribution in [2.24, 2.45) is 0 Å². The first kappa shape index (κ1) is 11.0. The van der Waals surface area contributed by atoms with Crippen LogP contribution in [0.5, 0.6) is 0 Å². The number of thioether (sulfide) groups is 1. The molecule has 0 spiro atoms. The first-order chi connectivity index (χ1) is 7.34. The van der Waals surface area contributed by atoms with Gasteiger partial charge in [0.15, 0.2) is 0 Å². The molecule has 0 aliphatic carbocycles.